The molecule has 0 heterocycles. The molecule has 0 unspecified atom stereocenters. The molecular weight excluding hydrogens is 575 g/mol. The summed E-state index contributed by atoms with van der Waals surface area (Å²) in [5, 5.41) is 0. The zero-order chi connectivity index (χ0) is 27.0. The molecule has 0 aliphatic heterocycles. The maximum absolute atomic E-state index is 5.97. The molecule has 0 saturated heterocycles. The highest BCUT2D eigenvalue weighted by Gasteiger charge is 1.99. The van der Waals surface area contributed by atoms with Crippen molar-refractivity contribution in [3.05, 3.63) is 97.6 Å². The van der Waals surface area contributed by atoms with E-state index in [0.717, 1.165) is 18.8 Å². The number of rotatable bonds is 16. The second kappa shape index (κ2) is 17.3. The van der Waals surface area contributed by atoms with Crippen LogP contribution in [0.15, 0.2) is 60.7 Å². The van der Waals surface area contributed by atoms with Crippen LogP contribution in [0.1, 0.15) is 105 Å². The second-order valence-electron chi connectivity index (χ2n) is 10.5. The SMILES string of the molecule is CCCCCCCCCCCCOc1ccc(/C=C/c2cc(I)cc(/C=C/c3cc(C)cc(C)c3)c2)cc1. The predicted octanol–water partition coefficient (Wildman–Crippen LogP) is 11.5. The molecule has 0 aliphatic carbocycles. The average molecular weight is 621 g/mol. The minimum Gasteiger partial charge on any atom is -0.494 e. The van der Waals surface area contributed by atoms with Gasteiger partial charge in [-0.2, -0.15) is 0 Å². The normalized spacial score (nSPS) is 11.6. The zero-order valence-electron chi connectivity index (χ0n) is 23.6. The van der Waals surface area contributed by atoms with Crippen molar-refractivity contribution in [2.45, 2.75) is 85.0 Å². The van der Waals surface area contributed by atoms with Gasteiger partial charge >= 0.3 is 0 Å². The Kier molecular flexibility index (Phi) is 13.8. The largest absolute Gasteiger partial charge is 0.494 e. The van der Waals surface area contributed by atoms with E-state index in [9.17, 15) is 0 Å². The Balaban J connectivity index is 1.42. The average Bonchev–Trinajstić information content (AvgIpc) is 2.89. The van der Waals surface area contributed by atoms with Crippen molar-refractivity contribution in [3.63, 3.8) is 0 Å². The third-order valence-electron chi connectivity index (χ3n) is 6.77. The molecule has 0 radical (unpaired) electrons. The van der Waals surface area contributed by atoms with Gasteiger partial charge in [-0.15, -0.1) is 0 Å². The minimum absolute atomic E-state index is 0.812. The lowest BCUT2D eigenvalue weighted by molar-refractivity contribution is 0.304. The Labute approximate surface area is 245 Å². The Morgan fingerprint density at radius 1 is 0.553 bits per heavy atom. The van der Waals surface area contributed by atoms with Gasteiger partial charge in [0.1, 0.15) is 5.75 Å². The fraction of sp³-hybridized carbons (Fsp3) is 0.389. The summed E-state index contributed by atoms with van der Waals surface area (Å²) in [5.41, 5.74) is 7.44. The van der Waals surface area contributed by atoms with Crippen LogP contribution in [-0.2, 0) is 0 Å². The van der Waals surface area contributed by atoms with E-state index < -0.39 is 0 Å². The van der Waals surface area contributed by atoms with Crippen molar-refractivity contribution >= 4 is 46.9 Å². The lowest BCUT2D eigenvalue weighted by Gasteiger charge is -2.07. The van der Waals surface area contributed by atoms with Gasteiger partial charge in [0.05, 0.1) is 6.61 Å². The van der Waals surface area contributed by atoms with Crippen LogP contribution in [0.25, 0.3) is 24.3 Å². The van der Waals surface area contributed by atoms with E-state index in [-0.39, 0.29) is 0 Å². The monoisotopic (exact) mass is 620 g/mol. The molecule has 3 aromatic rings. The van der Waals surface area contributed by atoms with Gasteiger partial charge in [-0.1, -0.05) is 130 Å². The molecule has 0 aliphatic rings. The van der Waals surface area contributed by atoms with Crippen LogP contribution in [-0.4, -0.2) is 6.61 Å². The first-order valence-corrected chi connectivity index (χ1v) is 15.6. The number of hydrogen-bond acceptors (Lipinski definition) is 1. The van der Waals surface area contributed by atoms with Crippen molar-refractivity contribution in [3.8, 4) is 5.75 Å². The third-order valence-corrected chi connectivity index (χ3v) is 7.39. The molecule has 3 rings (SSSR count). The lowest BCUT2D eigenvalue weighted by atomic mass is 10.0. The van der Waals surface area contributed by atoms with Gasteiger partial charge in [-0.25, -0.2) is 0 Å². The number of unbranched alkanes of at least 4 members (excludes halogenated alkanes) is 9. The van der Waals surface area contributed by atoms with E-state index in [4.69, 9.17) is 4.74 Å². The molecule has 0 aromatic heterocycles. The highest BCUT2D eigenvalue weighted by Crippen LogP contribution is 2.20. The molecule has 0 atom stereocenters. The summed E-state index contributed by atoms with van der Waals surface area (Å²) in [6.07, 6.45) is 22.3. The molecule has 0 bridgehead atoms. The van der Waals surface area contributed by atoms with E-state index in [1.54, 1.807) is 0 Å². The Morgan fingerprint density at radius 2 is 1.03 bits per heavy atom. The summed E-state index contributed by atoms with van der Waals surface area (Å²) in [6, 6.07) is 21.8. The van der Waals surface area contributed by atoms with Crippen LogP contribution in [0.3, 0.4) is 0 Å². The van der Waals surface area contributed by atoms with E-state index in [1.165, 1.54) is 94.7 Å². The summed E-state index contributed by atoms with van der Waals surface area (Å²) in [7, 11) is 0. The van der Waals surface area contributed by atoms with Crippen molar-refractivity contribution < 1.29 is 4.74 Å². The quantitative estimate of drug-likeness (QED) is 0.0880. The van der Waals surface area contributed by atoms with Crippen molar-refractivity contribution in [2.24, 2.45) is 0 Å². The molecule has 1 nitrogen and oxygen atoms in total. The molecule has 3 aromatic carbocycles. The second-order valence-corrected chi connectivity index (χ2v) is 11.8. The van der Waals surface area contributed by atoms with Gasteiger partial charge in [-0.3, -0.25) is 0 Å². The highest BCUT2D eigenvalue weighted by atomic mass is 127. The molecular formula is C36H45IO. The van der Waals surface area contributed by atoms with Gasteiger partial charge < -0.3 is 4.74 Å². The predicted molar refractivity (Wildman–Crippen MR) is 177 cm³/mol. The number of halogens is 1. The highest BCUT2D eigenvalue weighted by molar-refractivity contribution is 14.1. The fourth-order valence-corrected chi connectivity index (χ4v) is 5.49. The number of ether oxygens (including phenoxy) is 1. The van der Waals surface area contributed by atoms with E-state index in [1.807, 2.05) is 0 Å². The van der Waals surface area contributed by atoms with Gasteiger partial charge in [0.2, 0.25) is 0 Å². The minimum atomic E-state index is 0.812. The molecule has 202 valence electrons. The fourth-order valence-electron chi connectivity index (χ4n) is 4.77. The first-order chi connectivity index (χ1) is 18.5. The first kappa shape index (κ1) is 30.2. The standard InChI is InChI=1S/C36H45IO/c1-4-5-6-7-8-9-10-11-12-13-22-38-36-20-18-31(19-21-36)14-15-33-26-34(28-35(37)27-33)17-16-32-24-29(2)23-30(3)25-32/h14-21,23-28H,4-13,22H2,1-3H3/b15-14+,17-16+. The molecule has 0 N–H and O–H groups in total. The van der Waals surface area contributed by atoms with Crippen LogP contribution in [0.4, 0.5) is 0 Å². The van der Waals surface area contributed by atoms with Gasteiger partial charge in [0, 0.05) is 3.57 Å². The maximum atomic E-state index is 5.97. The number of aryl methyl sites for hydroxylation is 2. The Hall–Kier alpha value is -2.33. The van der Waals surface area contributed by atoms with E-state index in [0.29, 0.717) is 0 Å². The van der Waals surface area contributed by atoms with Gasteiger partial charge in [-0.05, 0) is 95.4 Å². The summed E-state index contributed by atoms with van der Waals surface area (Å²) in [6.45, 7) is 7.39. The summed E-state index contributed by atoms with van der Waals surface area (Å²) >= 11 is 2.40. The first-order valence-electron chi connectivity index (χ1n) is 14.5. The number of benzene rings is 3. The summed E-state index contributed by atoms with van der Waals surface area (Å²) in [5.74, 6) is 0.964. The summed E-state index contributed by atoms with van der Waals surface area (Å²) in [4.78, 5) is 0. The number of hydrogen-bond donors (Lipinski definition) is 0. The lowest BCUT2D eigenvalue weighted by Crippen LogP contribution is -1.97. The smallest absolute Gasteiger partial charge is 0.119 e. The van der Waals surface area contributed by atoms with Crippen LogP contribution >= 0.6 is 22.6 Å². The van der Waals surface area contributed by atoms with Crippen molar-refractivity contribution in [2.75, 3.05) is 6.61 Å². The molecule has 0 spiro atoms. The van der Waals surface area contributed by atoms with E-state index >= 15 is 0 Å². The molecule has 0 saturated carbocycles. The Bertz CT molecular complexity index is 1140. The molecule has 38 heavy (non-hydrogen) atoms. The van der Waals surface area contributed by atoms with Crippen molar-refractivity contribution in [1.82, 2.24) is 0 Å². The summed E-state index contributed by atoms with van der Waals surface area (Å²) < 4.78 is 7.21. The van der Waals surface area contributed by atoms with E-state index in [2.05, 4.69) is 128 Å². The third kappa shape index (κ3) is 12.0. The van der Waals surface area contributed by atoms with Crippen LogP contribution in [0.5, 0.6) is 5.75 Å². The Morgan fingerprint density at radius 3 is 1.58 bits per heavy atom. The van der Waals surface area contributed by atoms with Gasteiger partial charge in [0.15, 0.2) is 0 Å². The van der Waals surface area contributed by atoms with Crippen LogP contribution in [0, 0.1) is 17.4 Å². The molecule has 0 fully saturated rings. The van der Waals surface area contributed by atoms with Crippen LogP contribution in [0.2, 0.25) is 0 Å². The maximum Gasteiger partial charge on any atom is 0.119 e. The zero-order valence-corrected chi connectivity index (χ0v) is 25.8. The van der Waals surface area contributed by atoms with Crippen LogP contribution < -0.4 is 4.74 Å². The molecule has 0 amide bonds. The molecule has 2 heteroatoms. The van der Waals surface area contributed by atoms with Gasteiger partial charge in [0.25, 0.3) is 0 Å². The topological polar surface area (TPSA) is 9.23 Å². The van der Waals surface area contributed by atoms with Crippen molar-refractivity contribution in [1.29, 1.82) is 0 Å².